The van der Waals surface area contributed by atoms with Gasteiger partial charge in [-0.25, -0.2) is 0 Å². The molecule has 2 amide bonds. The molecule has 0 spiro atoms. The van der Waals surface area contributed by atoms with Crippen LogP contribution in [0.15, 0.2) is 24.4 Å². The third-order valence-electron chi connectivity index (χ3n) is 5.20. The first kappa shape index (κ1) is 19.1. The first-order valence-electron chi connectivity index (χ1n) is 9.61. The molecule has 27 heavy (non-hydrogen) atoms. The van der Waals surface area contributed by atoms with Crippen LogP contribution in [0.1, 0.15) is 48.4 Å². The number of amides is 2. The van der Waals surface area contributed by atoms with Crippen molar-refractivity contribution >= 4 is 17.6 Å². The lowest BCUT2D eigenvalue weighted by Gasteiger charge is -2.31. The number of rotatable bonds is 5. The van der Waals surface area contributed by atoms with Crippen molar-refractivity contribution in [3.63, 3.8) is 0 Å². The summed E-state index contributed by atoms with van der Waals surface area (Å²) in [7, 11) is 1.86. The third-order valence-corrected chi connectivity index (χ3v) is 5.20. The van der Waals surface area contributed by atoms with Crippen LogP contribution in [-0.2, 0) is 24.7 Å². The Labute approximate surface area is 159 Å². The maximum absolute atomic E-state index is 12.8. The topological polar surface area (TPSA) is 80.1 Å². The standard InChI is InChI=1S/C20H27N5O2/c1-4-15-16(5-2)23-24(3)18(15)22-19(26)14-9-12-25(13-10-14)20(27)17-8-6-7-11-21-17/h6-8,11,14H,4-5,9-10,12-13H2,1-3H3,(H,22,26). The fourth-order valence-corrected chi connectivity index (χ4v) is 3.65. The van der Waals surface area contributed by atoms with Gasteiger partial charge in [0.25, 0.3) is 5.91 Å². The minimum Gasteiger partial charge on any atom is -0.337 e. The van der Waals surface area contributed by atoms with Crippen LogP contribution in [0.3, 0.4) is 0 Å². The Balaban J connectivity index is 1.61. The molecule has 0 bridgehead atoms. The second kappa shape index (κ2) is 8.33. The molecule has 0 radical (unpaired) electrons. The lowest BCUT2D eigenvalue weighted by molar-refractivity contribution is -0.121. The summed E-state index contributed by atoms with van der Waals surface area (Å²) in [5.74, 6) is 0.649. The minimum atomic E-state index is -0.0949. The number of likely N-dealkylation sites (tertiary alicyclic amines) is 1. The van der Waals surface area contributed by atoms with Crippen molar-refractivity contribution in [2.24, 2.45) is 13.0 Å². The smallest absolute Gasteiger partial charge is 0.272 e. The van der Waals surface area contributed by atoms with Crippen molar-refractivity contribution in [2.75, 3.05) is 18.4 Å². The van der Waals surface area contributed by atoms with Crippen LogP contribution in [0, 0.1) is 5.92 Å². The van der Waals surface area contributed by atoms with Crippen LogP contribution in [0.5, 0.6) is 0 Å². The number of piperidine rings is 1. The van der Waals surface area contributed by atoms with E-state index >= 15 is 0 Å². The number of hydrogen-bond acceptors (Lipinski definition) is 4. The van der Waals surface area contributed by atoms with E-state index < -0.39 is 0 Å². The highest BCUT2D eigenvalue weighted by atomic mass is 16.2. The zero-order valence-electron chi connectivity index (χ0n) is 16.2. The molecule has 1 aliphatic heterocycles. The summed E-state index contributed by atoms with van der Waals surface area (Å²) in [6, 6.07) is 5.33. The van der Waals surface area contributed by atoms with Crippen molar-refractivity contribution in [3.8, 4) is 0 Å². The molecule has 2 aromatic heterocycles. The molecule has 0 aromatic carbocycles. The fourth-order valence-electron chi connectivity index (χ4n) is 3.65. The SMILES string of the molecule is CCc1nn(C)c(NC(=O)C2CCN(C(=O)c3ccccn3)CC2)c1CC. The van der Waals surface area contributed by atoms with Crippen molar-refractivity contribution in [3.05, 3.63) is 41.3 Å². The Morgan fingerprint density at radius 2 is 1.93 bits per heavy atom. The average Bonchev–Trinajstić information content (AvgIpc) is 3.02. The fraction of sp³-hybridized carbons (Fsp3) is 0.500. The largest absolute Gasteiger partial charge is 0.337 e. The molecule has 1 saturated heterocycles. The quantitative estimate of drug-likeness (QED) is 0.878. The van der Waals surface area contributed by atoms with Crippen LogP contribution >= 0.6 is 0 Å². The predicted octanol–water partition coefficient (Wildman–Crippen LogP) is 2.43. The van der Waals surface area contributed by atoms with Gasteiger partial charge in [0.15, 0.2) is 0 Å². The van der Waals surface area contributed by atoms with Crippen LogP contribution in [0.2, 0.25) is 0 Å². The van der Waals surface area contributed by atoms with E-state index in [9.17, 15) is 9.59 Å². The van der Waals surface area contributed by atoms with E-state index in [0.717, 1.165) is 29.9 Å². The van der Waals surface area contributed by atoms with Gasteiger partial charge >= 0.3 is 0 Å². The van der Waals surface area contributed by atoms with Gasteiger partial charge in [-0.15, -0.1) is 0 Å². The summed E-state index contributed by atoms with van der Waals surface area (Å²) in [5.41, 5.74) is 2.59. The number of aryl methyl sites for hydroxylation is 2. The first-order chi connectivity index (χ1) is 13.0. The minimum absolute atomic E-state index is 0.0142. The van der Waals surface area contributed by atoms with Crippen LogP contribution in [0.4, 0.5) is 5.82 Å². The van der Waals surface area contributed by atoms with Gasteiger partial charge in [0.2, 0.25) is 5.91 Å². The zero-order valence-corrected chi connectivity index (χ0v) is 16.2. The molecule has 1 N–H and O–H groups in total. The Morgan fingerprint density at radius 3 is 2.52 bits per heavy atom. The molecular weight excluding hydrogens is 342 g/mol. The van der Waals surface area contributed by atoms with Gasteiger partial charge in [-0.3, -0.25) is 19.3 Å². The molecule has 7 nitrogen and oxygen atoms in total. The number of hydrogen-bond donors (Lipinski definition) is 1. The summed E-state index contributed by atoms with van der Waals surface area (Å²) >= 11 is 0. The lowest BCUT2D eigenvalue weighted by Crippen LogP contribution is -2.41. The van der Waals surface area contributed by atoms with Crippen LogP contribution < -0.4 is 5.32 Å². The molecule has 144 valence electrons. The van der Waals surface area contributed by atoms with E-state index in [4.69, 9.17) is 0 Å². The Kier molecular flexibility index (Phi) is 5.88. The highest BCUT2D eigenvalue weighted by Crippen LogP contribution is 2.24. The molecule has 3 rings (SSSR count). The molecule has 3 heterocycles. The average molecular weight is 369 g/mol. The molecule has 0 saturated carbocycles. The van der Waals surface area contributed by atoms with E-state index in [1.807, 2.05) is 13.1 Å². The maximum atomic E-state index is 12.8. The third kappa shape index (κ3) is 4.02. The number of pyridine rings is 1. The van der Waals surface area contributed by atoms with E-state index in [2.05, 4.69) is 29.2 Å². The maximum Gasteiger partial charge on any atom is 0.272 e. The Hall–Kier alpha value is -2.70. The summed E-state index contributed by atoms with van der Waals surface area (Å²) in [6.45, 7) is 5.29. The normalized spacial score (nSPS) is 15.0. The van der Waals surface area contributed by atoms with Gasteiger partial charge in [-0.2, -0.15) is 5.10 Å². The highest BCUT2D eigenvalue weighted by Gasteiger charge is 2.29. The Bertz CT molecular complexity index is 807. The number of carbonyl (C=O) groups is 2. The van der Waals surface area contributed by atoms with E-state index in [0.29, 0.717) is 31.6 Å². The van der Waals surface area contributed by atoms with E-state index in [1.165, 1.54) is 0 Å². The number of anilines is 1. The predicted molar refractivity (Wildman–Crippen MR) is 103 cm³/mol. The lowest BCUT2D eigenvalue weighted by atomic mass is 9.95. The van der Waals surface area contributed by atoms with Crippen LogP contribution in [0.25, 0.3) is 0 Å². The number of aromatic nitrogens is 3. The highest BCUT2D eigenvalue weighted by molar-refractivity contribution is 5.94. The van der Waals surface area contributed by atoms with Crippen LogP contribution in [-0.4, -0.2) is 44.6 Å². The summed E-state index contributed by atoms with van der Waals surface area (Å²) < 4.78 is 1.76. The van der Waals surface area contributed by atoms with Crippen molar-refractivity contribution < 1.29 is 9.59 Å². The van der Waals surface area contributed by atoms with Crippen molar-refractivity contribution in [1.82, 2.24) is 19.7 Å². The number of nitrogens with one attached hydrogen (secondary N) is 1. The molecule has 0 aliphatic carbocycles. The van der Waals surface area contributed by atoms with Crippen molar-refractivity contribution in [1.29, 1.82) is 0 Å². The second-order valence-corrected chi connectivity index (χ2v) is 6.88. The Morgan fingerprint density at radius 1 is 1.19 bits per heavy atom. The monoisotopic (exact) mass is 369 g/mol. The first-order valence-corrected chi connectivity index (χ1v) is 9.61. The molecule has 7 heteroatoms. The second-order valence-electron chi connectivity index (χ2n) is 6.88. The number of carbonyl (C=O) groups excluding carboxylic acids is 2. The van der Waals surface area contributed by atoms with E-state index in [1.54, 1.807) is 27.9 Å². The van der Waals surface area contributed by atoms with Gasteiger partial charge in [0.1, 0.15) is 11.5 Å². The van der Waals surface area contributed by atoms with Gasteiger partial charge < -0.3 is 10.2 Å². The summed E-state index contributed by atoms with van der Waals surface area (Å²) in [6.07, 6.45) is 4.62. The molecule has 0 atom stereocenters. The molecule has 1 aliphatic rings. The number of nitrogens with zero attached hydrogens (tertiary/aromatic N) is 4. The van der Waals surface area contributed by atoms with Gasteiger partial charge in [-0.05, 0) is 37.8 Å². The van der Waals surface area contributed by atoms with Gasteiger partial charge in [0, 0.05) is 37.8 Å². The summed E-state index contributed by atoms with van der Waals surface area (Å²) in [4.78, 5) is 31.1. The van der Waals surface area contributed by atoms with Gasteiger partial charge in [-0.1, -0.05) is 19.9 Å². The van der Waals surface area contributed by atoms with E-state index in [-0.39, 0.29) is 17.7 Å². The summed E-state index contributed by atoms with van der Waals surface area (Å²) in [5, 5.41) is 7.58. The molecule has 2 aromatic rings. The molecule has 1 fully saturated rings. The zero-order chi connectivity index (χ0) is 19.4. The molecular formula is C20H27N5O2. The molecule has 0 unspecified atom stereocenters. The van der Waals surface area contributed by atoms with Gasteiger partial charge in [0.05, 0.1) is 5.69 Å². The van der Waals surface area contributed by atoms with Crippen molar-refractivity contribution in [2.45, 2.75) is 39.5 Å².